The monoisotopic (exact) mass is 333 g/mol. The van der Waals surface area contributed by atoms with E-state index in [4.69, 9.17) is 0 Å². The summed E-state index contributed by atoms with van der Waals surface area (Å²) < 4.78 is 13.2. The highest BCUT2D eigenvalue weighted by molar-refractivity contribution is 6.09. The molecular weight excluding hydrogens is 309 g/mol. The molecule has 1 N–H and O–H groups in total. The molecule has 0 saturated carbocycles. The van der Waals surface area contributed by atoms with Crippen LogP contribution in [0.4, 0.5) is 4.39 Å². The molecule has 1 aliphatic heterocycles. The van der Waals surface area contributed by atoms with Gasteiger partial charge < -0.3 is 10.0 Å². The van der Waals surface area contributed by atoms with Crippen molar-refractivity contribution in [2.24, 2.45) is 5.92 Å². The maximum Gasteiger partial charge on any atom is 0.290 e. The maximum atomic E-state index is 13.2. The lowest BCUT2D eigenvalue weighted by atomic mass is 9.92. The Kier molecular flexibility index (Phi) is 5.75. The lowest BCUT2D eigenvalue weighted by Crippen LogP contribution is -2.32. The van der Waals surface area contributed by atoms with Gasteiger partial charge in [0.05, 0.1) is 11.6 Å². The average molecular weight is 333 g/mol. The van der Waals surface area contributed by atoms with Crippen LogP contribution in [0.25, 0.3) is 0 Å². The van der Waals surface area contributed by atoms with E-state index >= 15 is 0 Å². The molecule has 1 aromatic rings. The fourth-order valence-corrected chi connectivity index (χ4v) is 2.97. The number of aliphatic hydroxyl groups excluding tert-OH is 1. The number of ketones is 1. The van der Waals surface area contributed by atoms with Crippen LogP contribution in [0.15, 0.2) is 35.6 Å². The Morgan fingerprint density at radius 3 is 2.46 bits per heavy atom. The number of aliphatic hydroxyl groups is 1. The Morgan fingerprint density at radius 1 is 1.29 bits per heavy atom. The molecule has 24 heavy (non-hydrogen) atoms. The third-order valence-corrected chi connectivity index (χ3v) is 4.14. The van der Waals surface area contributed by atoms with Crippen LogP contribution in [0.5, 0.6) is 0 Å². The summed E-state index contributed by atoms with van der Waals surface area (Å²) in [4.78, 5) is 26.6. The first-order chi connectivity index (χ1) is 11.4. The normalized spacial score (nSPS) is 18.0. The number of carbonyl (C=O) groups is 2. The van der Waals surface area contributed by atoms with Crippen molar-refractivity contribution < 1.29 is 19.1 Å². The SMILES string of the molecule is CCCCN1C(=O)C(O)=C(C(=O)CC(C)C)C1c1ccc(F)cc1. The highest BCUT2D eigenvalue weighted by Crippen LogP contribution is 2.38. The van der Waals surface area contributed by atoms with Gasteiger partial charge in [0, 0.05) is 13.0 Å². The second kappa shape index (κ2) is 7.60. The molecule has 4 nitrogen and oxygen atoms in total. The Balaban J connectivity index is 2.45. The Labute approximate surface area is 142 Å². The van der Waals surface area contributed by atoms with Crippen molar-refractivity contribution in [3.8, 4) is 0 Å². The van der Waals surface area contributed by atoms with Crippen molar-refractivity contribution in [3.05, 3.63) is 47.0 Å². The number of benzene rings is 1. The molecule has 1 aromatic carbocycles. The van der Waals surface area contributed by atoms with Gasteiger partial charge >= 0.3 is 0 Å². The van der Waals surface area contributed by atoms with Crippen LogP contribution in [0.1, 0.15) is 51.6 Å². The first-order valence-electron chi connectivity index (χ1n) is 8.39. The number of halogens is 1. The molecule has 1 amide bonds. The third kappa shape index (κ3) is 3.66. The Bertz CT molecular complexity index is 649. The van der Waals surface area contributed by atoms with Crippen molar-refractivity contribution in [2.75, 3.05) is 6.54 Å². The van der Waals surface area contributed by atoms with Gasteiger partial charge in [0.2, 0.25) is 0 Å². The van der Waals surface area contributed by atoms with E-state index in [1.165, 1.54) is 17.0 Å². The molecule has 5 heteroatoms. The molecule has 1 unspecified atom stereocenters. The van der Waals surface area contributed by atoms with Gasteiger partial charge in [0.1, 0.15) is 5.82 Å². The van der Waals surface area contributed by atoms with Crippen molar-refractivity contribution in [2.45, 2.75) is 46.1 Å². The van der Waals surface area contributed by atoms with Crippen LogP contribution in [-0.4, -0.2) is 28.2 Å². The number of amides is 1. The molecule has 0 saturated heterocycles. The Morgan fingerprint density at radius 2 is 1.92 bits per heavy atom. The van der Waals surface area contributed by atoms with Crippen LogP contribution >= 0.6 is 0 Å². The Hall–Kier alpha value is -2.17. The molecular formula is C19H24FNO3. The van der Waals surface area contributed by atoms with E-state index in [2.05, 4.69) is 0 Å². The van der Waals surface area contributed by atoms with Gasteiger partial charge in [0.15, 0.2) is 11.5 Å². The van der Waals surface area contributed by atoms with Crippen molar-refractivity contribution >= 4 is 11.7 Å². The quantitative estimate of drug-likeness (QED) is 0.822. The minimum Gasteiger partial charge on any atom is -0.503 e. The summed E-state index contributed by atoms with van der Waals surface area (Å²) in [5, 5.41) is 10.3. The van der Waals surface area contributed by atoms with Crippen molar-refractivity contribution in [1.29, 1.82) is 0 Å². The number of hydrogen-bond donors (Lipinski definition) is 1. The zero-order chi connectivity index (χ0) is 17.9. The lowest BCUT2D eigenvalue weighted by Gasteiger charge is -2.27. The standard InChI is InChI=1S/C19H24FNO3/c1-4-5-10-21-17(13-6-8-14(20)9-7-13)16(18(23)19(21)24)15(22)11-12(2)3/h6-9,12,17,23H,4-5,10-11H2,1-3H3. The minimum absolute atomic E-state index is 0.117. The van der Waals surface area contributed by atoms with E-state index in [0.29, 0.717) is 12.1 Å². The van der Waals surface area contributed by atoms with Gasteiger partial charge in [-0.25, -0.2) is 4.39 Å². The smallest absolute Gasteiger partial charge is 0.290 e. The van der Waals surface area contributed by atoms with Crippen molar-refractivity contribution in [1.82, 2.24) is 4.90 Å². The molecule has 1 atom stereocenters. The molecule has 0 spiro atoms. The fraction of sp³-hybridized carbons (Fsp3) is 0.474. The fourth-order valence-electron chi connectivity index (χ4n) is 2.97. The predicted molar refractivity (Wildman–Crippen MR) is 89.9 cm³/mol. The predicted octanol–water partition coefficient (Wildman–Crippen LogP) is 3.94. The van der Waals surface area contributed by atoms with Crippen LogP contribution < -0.4 is 0 Å². The average Bonchev–Trinajstić information content (AvgIpc) is 2.77. The lowest BCUT2D eigenvalue weighted by molar-refractivity contribution is -0.129. The van der Waals surface area contributed by atoms with Crippen LogP contribution in [0.3, 0.4) is 0 Å². The molecule has 0 aromatic heterocycles. The summed E-state index contributed by atoms with van der Waals surface area (Å²) in [7, 11) is 0. The van der Waals surface area contributed by atoms with Crippen LogP contribution in [0, 0.1) is 11.7 Å². The minimum atomic E-state index is -0.643. The summed E-state index contributed by atoms with van der Waals surface area (Å²) in [6.45, 7) is 6.27. The van der Waals surface area contributed by atoms with Gasteiger partial charge in [-0.3, -0.25) is 9.59 Å². The molecule has 0 aliphatic carbocycles. The number of unbranched alkanes of at least 4 members (excludes halogenated alkanes) is 1. The van der Waals surface area contributed by atoms with E-state index in [1.54, 1.807) is 12.1 Å². The van der Waals surface area contributed by atoms with Gasteiger partial charge in [-0.1, -0.05) is 39.3 Å². The molecule has 130 valence electrons. The first-order valence-corrected chi connectivity index (χ1v) is 8.39. The van der Waals surface area contributed by atoms with Crippen LogP contribution in [0.2, 0.25) is 0 Å². The summed E-state index contributed by atoms with van der Waals surface area (Å²) >= 11 is 0. The number of rotatable bonds is 7. The molecule has 0 fully saturated rings. The van der Waals surface area contributed by atoms with E-state index in [0.717, 1.165) is 12.8 Å². The molecule has 0 radical (unpaired) electrons. The second-order valence-electron chi connectivity index (χ2n) is 6.59. The largest absolute Gasteiger partial charge is 0.503 e. The number of carbonyl (C=O) groups excluding carboxylic acids is 2. The summed E-state index contributed by atoms with van der Waals surface area (Å²) in [5.74, 6) is -1.49. The third-order valence-electron chi connectivity index (χ3n) is 4.14. The number of nitrogens with zero attached hydrogens (tertiary/aromatic N) is 1. The van der Waals surface area contributed by atoms with E-state index < -0.39 is 17.7 Å². The summed E-state index contributed by atoms with van der Waals surface area (Å²) in [6, 6.07) is 5.09. The van der Waals surface area contributed by atoms with E-state index in [9.17, 15) is 19.1 Å². The molecule has 1 heterocycles. The number of Topliss-reactive ketones (excluding diaryl/α,β-unsaturated/α-hetero) is 1. The summed E-state index contributed by atoms with van der Waals surface area (Å²) in [5.41, 5.74) is 0.772. The summed E-state index contributed by atoms with van der Waals surface area (Å²) in [6.07, 6.45) is 1.91. The zero-order valence-corrected chi connectivity index (χ0v) is 14.4. The zero-order valence-electron chi connectivity index (χ0n) is 14.4. The van der Waals surface area contributed by atoms with Gasteiger partial charge in [0.25, 0.3) is 5.91 Å². The molecule has 1 aliphatic rings. The van der Waals surface area contributed by atoms with Gasteiger partial charge in [-0.15, -0.1) is 0 Å². The van der Waals surface area contributed by atoms with Gasteiger partial charge in [-0.05, 0) is 30.0 Å². The highest BCUT2D eigenvalue weighted by Gasteiger charge is 2.42. The molecule has 2 rings (SSSR count). The van der Waals surface area contributed by atoms with Crippen LogP contribution in [-0.2, 0) is 9.59 Å². The van der Waals surface area contributed by atoms with Crippen molar-refractivity contribution in [3.63, 3.8) is 0 Å². The maximum absolute atomic E-state index is 13.2. The first kappa shape index (κ1) is 18.2. The topological polar surface area (TPSA) is 57.6 Å². The van der Waals surface area contributed by atoms with E-state index in [-0.39, 0.29) is 29.5 Å². The number of hydrogen-bond acceptors (Lipinski definition) is 3. The van der Waals surface area contributed by atoms with Gasteiger partial charge in [-0.2, -0.15) is 0 Å². The van der Waals surface area contributed by atoms with E-state index in [1.807, 2.05) is 20.8 Å². The highest BCUT2D eigenvalue weighted by atomic mass is 19.1. The molecule has 0 bridgehead atoms. The second-order valence-corrected chi connectivity index (χ2v) is 6.59.